The molecule has 1 heterocycles. The SMILES string of the molecule is Cc1cc(O)c(C(=O)c2cnn(-c3ccccc3)c2)cc1C. The molecule has 3 rings (SSSR count). The van der Waals surface area contributed by atoms with Gasteiger partial charge in [-0.05, 0) is 49.2 Å². The van der Waals surface area contributed by atoms with E-state index in [1.165, 1.54) is 6.20 Å². The summed E-state index contributed by atoms with van der Waals surface area (Å²) in [6.45, 7) is 3.82. The van der Waals surface area contributed by atoms with Crippen LogP contribution in [0.25, 0.3) is 5.69 Å². The van der Waals surface area contributed by atoms with Crippen LogP contribution in [0.15, 0.2) is 54.9 Å². The highest BCUT2D eigenvalue weighted by Crippen LogP contribution is 2.24. The molecule has 0 aliphatic carbocycles. The number of benzene rings is 2. The van der Waals surface area contributed by atoms with Gasteiger partial charge in [0, 0.05) is 6.20 Å². The third-order valence-electron chi connectivity index (χ3n) is 3.72. The molecular weight excluding hydrogens is 276 g/mol. The summed E-state index contributed by atoms with van der Waals surface area (Å²) in [6.07, 6.45) is 3.19. The van der Waals surface area contributed by atoms with Gasteiger partial charge in [0.2, 0.25) is 0 Å². The summed E-state index contributed by atoms with van der Waals surface area (Å²) in [5.74, 6) is -0.233. The average molecular weight is 292 g/mol. The van der Waals surface area contributed by atoms with Gasteiger partial charge in [-0.1, -0.05) is 18.2 Å². The van der Waals surface area contributed by atoms with Crippen LogP contribution >= 0.6 is 0 Å². The van der Waals surface area contributed by atoms with Crippen molar-refractivity contribution in [2.24, 2.45) is 0 Å². The minimum atomic E-state index is -0.234. The highest BCUT2D eigenvalue weighted by molar-refractivity contribution is 6.10. The van der Waals surface area contributed by atoms with Gasteiger partial charge >= 0.3 is 0 Å². The van der Waals surface area contributed by atoms with Crippen LogP contribution in [0.1, 0.15) is 27.0 Å². The zero-order valence-corrected chi connectivity index (χ0v) is 12.4. The van der Waals surface area contributed by atoms with Crippen LogP contribution in [0.5, 0.6) is 5.75 Å². The fourth-order valence-corrected chi connectivity index (χ4v) is 2.30. The third-order valence-corrected chi connectivity index (χ3v) is 3.72. The first-order valence-electron chi connectivity index (χ1n) is 7.01. The standard InChI is InChI=1S/C18H16N2O2/c1-12-8-16(17(21)9-13(12)2)18(22)14-10-19-20(11-14)15-6-4-3-5-7-15/h3-11,21H,1-2H3. The van der Waals surface area contributed by atoms with E-state index in [4.69, 9.17) is 0 Å². The van der Waals surface area contributed by atoms with E-state index in [9.17, 15) is 9.90 Å². The molecule has 0 bridgehead atoms. The normalized spacial score (nSPS) is 10.6. The van der Waals surface area contributed by atoms with Gasteiger partial charge in [-0.15, -0.1) is 0 Å². The van der Waals surface area contributed by atoms with Crippen molar-refractivity contribution in [1.29, 1.82) is 0 Å². The maximum atomic E-state index is 12.6. The number of para-hydroxylation sites is 1. The minimum absolute atomic E-state index is 0.000520. The van der Waals surface area contributed by atoms with E-state index >= 15 is 0 Å². The Morgan fingerprint density at radius 2 is 1.77 bits per heavy atom. The summed E-state index contributed by atoms with van der Waals surface area (Å²) in [7, 11) is 0. The number of rotatable bonds is 3. The van der Waals surface area contributed by atoms with E-state index in [0.29, 0.717) is 11.1 Å². The molecule has 0 amide bonds. The van der Waals surface area contributed by atoms with Gasteiger partial charge in [-0.2, -0.15) is 5.10 Å². The number of ketones is 1. The Labute approximate surface area is 128 Å². The second-order valence-corrected chi connectivity index (χ2v) is 5.29. The number of phenols is 1. The van der Waals surface area contributed by atoms with Gasteiger partial charge in [0.15, 0.2) is 5.78 Å². The summed E-state index contributed by atoms with van der Waals surface area (Å²) in [5, 5.41) is 14.2. The molecule has 4 nitrogen and oxygen atoms in total. The van der Waals surface area contributed by atoms with Crippen LogP contribution in [-0.4, -0.2) is 20.7 Å². The second-order valence-electron chi connectivity index (χ2n) is 5.29. The molecule has 1 N–H and O–H groups in total. The lowest BCUT2D eigenvalue weighted by Gasteiger charge is -2.06. The molecule has 0 aliphatic rings. The first kappa shape index (κ1) is 14.1. The average Bonchev–Trinajstić information content (AvgIpc) is 3.01. The Balaban J connectivity index is 1.97. The molecule has 0 fully saturated rings. The number of hydrogen-bond donors (Lipinski definition) is 1. The van der Waals surface area contributed by atoms with E-state index in [0.717, 1.165) is 16.8 Å². The number of aromatic nitrogens is 2. The number of aryl methyl sites for hydroxylation is 2. The van der Waals surface area contributed by atoms with E-state index in [2.05, 4.69) is 5.10 Å². The van der Waals surface area contributed by atoms with Gasteiger partial charge in [0.25, 0.3) is 0 Å². The first-order chi connectivity index (χ1) is 10.6. The molecule has 1 aromatic heterocycles. The molecule has 0 saturated heterocycles. The third kappa shape index (κ3) is 2.51. The predicted molar refractivity (Wildman–Crippen MR) is 84.6 cm³/mol. The molecule has 22 heavy (non-hydrogen) atoms. The number of hydrogen-bond acceptors (Lipinski definition) is 3. The lowest BCUT2D eigenvalue weighted by atomic mass is 10.00. The maximum absolute atomic E-state index is 12.6. The Bertz CT molecular complexity index is 836. The van der Waals surface area contributed by atoms with E-state index in [1.54, 1.807) is 23.0 Å². The van der Waals surface area contributed by atoms with Crippen molar-refractivity contribution in [3.8, 4) is 11.4 Å². The fourth-order valence-electron chi connectivity index (χ4n) is 2.30. The molecule has 0 saturated carbocycles. The second kappa shape index (κ2) is 5.48. The highest BCUT2D eigenvalue weighted by Gasteiger charge is 2.17. The molecule has 4 heteroatoms. The van der Waals surface area contributed by atoms with Crippen molar-refractivity contribution < 1.29 is 9.90 Å². The smallest absolute Gasteiger partial charge is 0.199 e. The van der Waals surface area contributed by atoms with Gasteiger partial charge < -0.3 is 5.11 Å². The largest absolute Gasteiger partial charge is 0.507 e. The van der Waals surface area contributed by atoms with Crippen molar-refractivity contribution in [3.63, 3.8) is 0 Å². The lowest BCUT2D eigenvalue weighted by Crippen LogP contribution is -2.02. The van der Waals surface area contributed by atoms with Gasteiger partial charge in [0.05, 0.1) is 23.0 Å². The Kier molecular flexibility index (Phi) is 3.51. The topological polar surface area (TPSA) is 55.1 Å². The number of phenolic OH excluding ortho intramolecular Hbond substituents is 1. The van der Waals surface area contributed by atoms with Crippen molar-refractivity contribution in [3.05, 3.63) is 77.1 Å². The molecular formula is C18H16N2O2. The Morgan fingerprint density at radius 3 is 2.50 bits per heavy atom. The number of carbonyl (C=O) groups is 1. The van der Waals surface area contributed by atoms with Crippen LogP contribution in [0.4, 0.5) is 0 Å². The van der Waals surface area contributed by atoms with Crippen molar-refractivity contribution in [2.75, 3.05) is 0 Å². The van der Waals surface area contributed by atoms with Crippen LogP contribution in [-0.2, 0) is 0 Å². The van der Waals surface area contributed by atoms with Gasteiger partial charge in [-0.25, -0.2) is 4.68 Å². The van der Waals surface area contributed by atoms with Crippen LogP contribution in [0.2, 0.25) is 0 Å². The fraction of sp³-hybridized carbons (Fsp3) is 0.111. The predicted octanol–water partition coefficient (Wildman–Crippen LogP) is 3.43. The molecule has 3 aromatic rings. The summed E-state index contributed by atoms with van der Waals surface area (Å²) in [6, 6.07) is 12.9. The van der Waals surface area contributed by atoms with E-state index < -0.39 is 0 Å². The molecule has 0 radical (unpaired) electrons. The van der Waals surface area contributed by atoms with Crippen LogP contribution in [0, 0.1) is 13.8 Å². The van der Waals surface area contributed by atoms with Gasteiger partial charge in [-0.3, -0.25) is 4.79 Å². The van der Waals surface area contributed by atoms with E-state index in [-0.39, 0.29) is 11.5 Å². The lowest BCUT2D eigenvalue weighted by molar-refractivity contribution is 0.103. The molecule has 0 atom stereocenters. The number of nitrogens with zero attached hydrogens (tertiary/aromatic N) is 2. The Morgan fingerprint density at radius 1 is 1.09 bits per heavy atom. The van der Waals surface area contributed by atoms with E-state index in [1.807, 2.05) is 44.2 Å². The molecule has 0 aliphatic heterocycles. The number of aromatic hydroxyl groups is 1. The zero-order chi connectivity index (χ0) is 15.7. The van der Waals surface area contributed by atoms with Crippen LogP contribution < -0.4 is 0 Å². The monoisotopic (exact) mass is 292 g/mol. The number of carbonyl (C=O) groups excluding carboxylic acids is 1. The minimum Gasteiger partial charge on any atom is -0.507 e. The van der Waals surface area contributed by atoms with Crippen molar-refractivity contribution >= 4 is 5.78 Å². The van der Waals surface area contributed by atoms with Crippen molar-refractivity contribution in [2.45, 2.75) is 13.8 Å². The first-order valence-corrected chi connectivity index (χ1v) is 7.01. The summed E-state index contributed by atoms with van der Waals surface area (Å²) in [4.78, 5) is 12.6. The molecule has 2 aromatic carbocycles. The quantitative estimate of drug-likeness (QED) is 0.752. The highest BCUT2D eigenvalue weighted by atomic mass is 16.3. The molecule has 0 spiro atoms. The summed E-state index contributed by atoms with van der Waals surface area (Å²) < 4.78 is 1.64. The van der Waals surface area contributed by atoms with Crippen LogP contribution in [0.3, 0.4) is 0 Å². The summed E-state index contributed by atoms with van der Waals surface area (Å²) in [5.41, 5.74) is 3.55. The maximum Gasteiger partial charge on any atom is 0.199 e. The molecule has 110 valence electrons. The van der Waals surface area contributed by atoms with Crippen molar-refractivity contribution in [1.82, 2.24) is 9.78 Å². The summed E-state index contributed by atoms with van der Waals surface area (Å²) >= 11 is 0. The zero-order valence-electron chi connectivity index (χ0n) is 12.4. The van der Waals surface area contributed by atoms with Gasteiger partial charge in [0.1, 0.15) is 5.75 Å². The molecule has 0 unspecified atom stereocenters. The Hall–Kier alpha value is -2.88.